The molecule has 0 saturated carbocycles. The van der Waals surface area contributed by atoms with Crippen molar-refractivity contribution in [3.05, 3.63) is 46.1 Å². The van der Waals surface area contributed by atoms with Crippen molar-refractivity contribution in [2.45, 2.75) is 25.4 Å². The maximum absolute atomic E-state index is 12.4. The van der Waals surface area contributed by atoms with Crippen LogP contribution in [0.5, 0.6) is 0 Å². The highest BCUT2D eigenvalue weighted by Gasteiger charge is 2.31. The monoisotopic (exact) mass is 474 g/mol. The molecule has 1 aromatic rings. The van der Waals surface area contributed by atoms with Crippen LogP contribution < -0.4 is 5.32 Å². The summed E-state index contributed by atoms with van der Waals surface area (Å²) in [4.78, 5) is 45.8. The van der Waals surface area contributed by atoms with Crippen molar-refractivity contribution in [1.29, 1.82) is 0 Å². The molecule has 0 radical (unpaired) electrons. The van der Waals surface area contributed by atoms with Gasteiger partial charge in [0.1, 0.15) is 0 Å². The molecule has 2 rings (SSSR count). The lowest BCUT2D eigenvalue weighted by Crippen LogP contribution is -2.42. The van der Waals surface area contributed by atoms with Gasteiger partial charge in [-0.15, -0.1) is 0 Å². The minimum atomic E-state index is -4.72. The van der Waals surface area contributed by atoms with E-state index < -0.39 is 38.4 Å². The van der Waals surface area contributed by atoms with Gasteiger partial charge in [-0.1, -0.05) is 28.1 Å². The van der Waals surface area contributed by atoms with E-state index in [1.54, 1.807) is 25.1 Å². The van der Waals surface area contributed by atoms with Gasteiger partial charge in [0.05, 0.1) is 18.6 Å². The number of carboxylic acid groups (broad SMARTS) is 1. The molecule has 1 aliphatic rings. The van der Waals surface area contributed by atoms with Crippen molar-refractivity contribution in [2.75, 3.05) is 6.61 Å². The first-order valence-electron chi connectivity index (χ1n) is 8.26. The predicted octanol–water partition coefficient (Wildman–Crippen LogP) is 1.69. The number of carbonyl (C=O) groups excluding carboxylic acids is 1. The minimum absolute atomic E-state index is 0.123. The van der Waals surface area contributed by atoms with Crippen LogP contribution in [0.4, 0.5) is 0 Å². The summed E-state index contributed by atoms with van der Waals surface area (Å²) in [6.45, 7) is 1.13. The first-order chi connectivity index (χ1) is 13.1. The molecule has 28 heavy (non-hydrogen) atoms. The fraction of sp³-hybridized carbons (Fsp3) is 0.353. The molecule has 4 N–H and O–H groups in total. The van der Waals surface area contributed by atoms with Crippen LogP contribution in [-0.2, 0) is 25.1 Å². The number of hydrogen-bond donors (Lipinski definition) is 4. The van der Waals surface area contributed by atoms with Crippen LogP contribution >= 0.6 is 23.8 Å². The largest absolute Gasteiger partial charge is 0.480 e. The number of nitrogens with one attached hydrogen (secondary N) is 1. The number of Topliss-reactive ketones (excluding diaryl/α,β-unsaturated/α-hetero) is 1. The summed E-state index contributed by atoms with van der Waals surface area (Å²) < 4.78 is 16.2. The van der Waals surface area contributed by atoms with Crippen LogP contribution in [0.3, 0.4) is 0 Å². The Hall–Kier alpha value is -1.84. The molecule has 0 aromatic heterocycles. The Morgan fingerprint density at radius 1 is 1.46 bits per heavy atom. The second kappa shape index (κ2) is 9.58. The van der Waals surface area contributed by atoms with E-state index in [0.717, 1.165) is 10.0 Å². The molecule has 3 atom stereocenters. The minimum Gasteiger partial charge on any atom is -0.480 e. The van der Waals surface area contributed by atoms with E-state index >= 15 is 0 Å². The third-order valence-electron chi connectivity index (χ3n) is 4.07. The molecule has 0 bridgehead atoms. The summed E-state index contributed by atoms with van der Waals surface area (Å²) in [5.41, 5.74) is 1.01. The number of halogens is 1. The van der Waals surface area contributed by atoms with Gasteiger partial charge in [-0.2, -0.15) is 0 Å². The lowest BCUT2D eigenvalue weighted by atomic mass is 9.90. The third-order valence-corrected chi connectivity index (χ3v) is 5.03. The number of phosphoric acid groups is 1. The number of carboxylic acids is 1. The molecule has 9 nitrogen and oxygen atoms in total. The van der Waals surface area contributed by atoms with Crippen LogP contribution in [0.15, 0.2) is 45.5 Å². The Bertz CT molecular complexity index is 852. The first kappa shape index (κ1) is 22.4. The van der Waals surface area contributed by atoms with E-state index in [4.69, 9.17) is 9.79 Å². The smallest absolute Gasteiger partial charge is 0.469 e. The highest BCUT2D eigenvalue weighted by Crippen LogP contribution is 2.37. The van der Waals surface area contributed by atoms with E-state index in [2.05, 4.69) is 30.8 Å². The molecule has 0 spiro atoms. The summed E-state index contributed by atoms with van der Waals surface area (Å²) in [7, 11) is -4.72. The third kappa shape index (κ3) is 6.65. The summed E-state index contributed by atoms with van der Waals surface area (Å²) >= 11 is 3.32. The summed E-state index contributed by atoms with van der Waals surface area (Å²) in [6, 6.07) is 5.48. The SMILES string of the molecule is CC1NC=C(COP(=O)(O)O)C(C=NC(Cc2cccc(Br)c2)C(=O)O)C1=O. The molecule has 152 valence electrons. The van der Waals surface area contributed by atoms with Gasteiger partial charge in [-0.05, 0) is 36.4 Å². The molecular formula is C17H20BrN2O7P. The average molecular weight is 475 g/mol. The van der Waals surface area contributed by atoms with Crippen molar-refractivity contribution in [3.8, 4) is 0 Å². The normalized spacial score (nSPS) is 21.3. The van der Waals surface area contributed by atoms with Gasteiger partial charge in [-0.25, -0.2) is 9.36 Å². The highest BCUT2D eigenvalue weighted by molar-refractivity contribution is 9.10. The zero-order valence-electron chi connectivity index (χ0n) is 14.9. The van der Waals surface area contributed by atoms with Crippen molar-refractivity contribution in [3.63, 3.8) is 0 Å². The molecule has 1 heterocycles. The fourth-order valence-corrected chi connectivity index (χ4v) is 3.36. The van der Waals surface area contributed by atoms with E-state index in [1.165, 1.54) is 12.4 Å². The second-order valence-electron chi connectivity index (χ2n) is 6.24. The summed E-state index contributed by atoms with van der Waals surface area (Å²) in [5.74, 6) is -2.39. The lowest BCUT2D eigenvalue weighted by Gasteiger charge is -2.26. The van der Waals surface area contributed by atoms with Gasteiger partial charge in [0, 0.05) is 17.1 Å². The number of aliphatic carboxylic acids is 1. The molecule has 1 aliphatic heterocycles. The van der Waals surface area contributed by atoms with Crippen molar-refractivity contribution in [2.24, 2.45) is 10.9 Å². The molecule has 0 amide bonds. The Balaban J connectivity index is 2.20. The molecular weight excluding hydrogens is 455 g/mol. The standard InChI is InChI=1S/C17H20BrN2O7P/c1-10-16(21)14(12(7-19-10)9-27-28(24,25)26)8-20-15(17(22)23)6-11-3-2-4-13(18)5-11/h2-5,7-8,10,14-15,19H,6,9H2,1H3,(H,22,23)(H2,24,25,26). The molecule has 11 heteroatoms. The van der Waals surface area contributed by atoms with Gasteiger partial charge in [0.15, 0.2) is 11.8 Å². The van der Waals surface area contributed by atoms with E-state index in [0.29, 0.717) is 0 Å². The van der Waals surface area contributed by atoms with Crippen molar-refractivity contribution < 1.29 is 33.6 Å². The number of nitrogens with zero attached hydrogens (tertiary/aromatic N) is 1. The van der Waals surface area contributed by atoms with Gasteiger partial charge >= 0.3 is 13.8 Å². The van der Waals surface area contributed by atoms with Crippen LogP contribution in [0.2, 0.25) is 0 Å². The van der Waals surface area contributed by atoms with Gasteiger partial charge < -0.3 is 20.2 Å². The number of aliphatic imine (C=N–C) groups is 1. The van der Waals surface area contributed by atoms with Gasteiger partial charge in [0.25, 0.3) is 0 Å². The number of ketones is 1. The Kier molecular flexibility index (Phi) is 7.68. The molecule has 0 saturated heterocycles. The van der Waals surface area contributed by atoms with Crippen LogP contribution in [0, 0.1) is 5.92 Å². The van der Waals surface area contributed by atoms with E-state index in [9.17, 15) is 19.3 Å². The Morgan fingerprint density at radius 3 is 2.79 bits per heavy atom. The highest BCUT2D eigenvalue weighted by atomic mass is 79.9. The van der Waals surface area contributed by atoms with Gasteiger partial charge in [-0.3, -0.25) is 14.3 Å². The molecule has 3 unspecified atom stereocenters. The van der Waals surface area contributed by atoms with Gasteiger partial charge in [0.2, 0.25) is 0 Å². The molecule has 1 aromatic carbocycles. The maximum Gasteiger partial charge on any atom is 0.469 e. The zero-order valence-corrected chi connectivity index (χ0v) is 17.3. The topological polar surface area (TPSA) is 146 Å². The summed E-state index contributed by atoms with van der Waals surface area (Å²) in [6.07, 6.45) is 2.77. The number of hydrogen-bond acceptors (Lipinski definition) is 6. The number of rotatable bonds is 8. The van der Waals surface area contributed by atoms with Crippen molar-refractivity contribution >= 4 is 41.7 Å². The number of carbonyl (C=O) groups is 2. The number of phosphoric ester groups is 1. The molecule has 0 aliphatic carbocycles. The van der Waals surface area contributed by atoms with Crippen LogP contribution in [0.25, 0.3) is 0 Å². The Morgan fingerprint density at radius 2 is 2.18 bits per heavy atom. The predicted molar refractivity (Wildman–Crippen MR) is 105 cm³/mol. The van der Waals surface area contributed by atoms with Crippen molar-refractivity contribution in [1.82, 2.24) is 5.32 Å². The maximum atomic E-state index is 12.4. The quantitative estimate of drug-likeness (QED) is 0.328. The van der Waals surface area contributed by atoms with E-state index in [1.807, 2.05) is 6.07 Å². The van der Waals surface area contributed by atoms with Crippen LogP contribution in [0.1, 0.15) is 12.5 Å². The first-order valence-corrected chi connectivity index (χ1v) is 10.6. The average Bonchev–Trinajstić information content (AvgIpc) is 2.59. The zero-order chi connectivity index (χ0) is 20.9. The van der Waals surface area contributed by atoms with Crippen LogP contribution in [-0.4, -0.2) is 51.6 Å². The lowest BCUT2D eigenvalue weighted by molar-refractivity contribution is -0.138. The fourth-order valence-electron chi connectivity index (χ4n) is 2.60. The second-order valence-corrected chi connectivity index (χ2v) is 8.39. The number of benzene rings is 1. The Labute approximate surface area is 169 Å². The van der Waals surface area contributed by atoms with E-state index in [-0.39, 0.29) is 17.8 Å². The summed E-state index contributed by atoms with van der Waals surface area (Å²) in [5, 5.41) is 12.2. The molecule has 0 fully saturated rings.